The van der Waals surface area contributed by atoms with E-state index in [0.29, 0.717) is 19.3 Å². The fourth-order valence-corrected chi connectivity index (χ4v) is 11.4. The zero-order valence-corrected chi connectivity index (χ0v) is 55.1. The van der Waals surface area contributed by atoms with Crippen molar-refractivity contribution in [1.82, 2.24) is 0 Å². The summed E-state index contributed by atoms with van der Waals surface area (Å²) in [6.45, 7) is 6.72. The van der Waals surface area contributed by atoms with Crippen LogP contribution < -0.4 is 0 Å². The molecule has 6 nitrogen and oxygen atoms in total. The molecule has 0 amide bonds. The van der Waals surface area contributed by atoms with Gasteiger partial charge in [0, 0.05) is 19.3 Å². The van der Waals surface area contributed by atoms with Crippen molar-refractivity contribution in [3.05, 3.63) is 24.3 Å². The maximum atomic E-state index is 12.9. The Morgan fingerprint density at radius 1 is 0.247 bits per heavy atom. The van der Waals surface area contributed by atoms with Gasteiger partial charge in [0.1, 0.15) is 13.2 Å². The van der Waals surface area contributed by atoms with Gasteiger partial charge in [-0.3, -0.25) is 14.4 Å². The van der Waals surface area contributed by atoms with Crippen LogP contribution >= 0.6 is 0 Å². The maximum Gasteiger partial charge on any atom is 0.306 e. The van der Waals surface area contributed by atoms with Gasteiger partial charge in [-0.15, -0.1) is 0 Å². The number of esters is 3. The maximum absolute atomic E-state index is 12.9. The molecule has 0 bridgehead atoms. The van der Waals surface area contributed by atoms with E-state index < -0.39 is 6.10 Å². The normalized spacial score (nSPS) is 12.1. The summed E-state index contributed by atoms with van der Waals surface area (Å²) in [5.74, 6) is -0.826. The van der Waals surface area contributed by atoms with Crippen LogP contribution in [0.1, 0.15) is 419 Å². The van der Waals surface area contributed by atoms with E-state index in [9.17, 15) is 14.4 Å². The molecule has 0 aliphatic heterocycles. The van der Waals surface area contributed by atoms with E-state index >= 15 is 0 Å². The van der Waals surface area contributed by atoms with Crippen LogP contribution in [-0.2, 0) is 28.6 Å². The van der Waals surface area contributed by atoms with Crippen molar-refractivity contribution in [2.24, 2.45) is 0 Å². The van der Waals surface area contributed by atoms with E-state index in [-0.39, 0.29) is 31.1 Å². The second-order valence-electron chi connectivity index (χ2n) is 25.2. The summed E-state index contributed by atoms with van der Waals surface area (Å²) in [7, 11) is 0. The minimum atomic E-state index is -0.765. The van der Waals surface area contributed by atoms with E-state index in [2.05, 4.69) is 45.1 Å². The van der Waals surface area contributed by atoms with Crippen LogP contribution in [0.25, 0.3) is 0 Å². The molecule has 0 rings (SSSR count). The predicted octanol–water partition coefficient (Wildman–Crippen LogP) is 25.3. The quantitative estimate of drug-likeness (QED) is 0.0261. The molecule has 0 radical (unpaired) electrons. The van der Waals surface area contributed by atoms with E-state index in [1.165, 1.54) is 315 Å². The Morgan fingerprint density at radius 3 is 0.679 bits per heavy atom. The molecule has 0 saturated heterocycles. The van der Waals surface area contributed by atoms with Gasteiger partial charge < -0.3 is 14.2 Å². The van der Waals surface area contributed by atoms with E-state index in [1.54, 1.807) is 0 Å². The van der Waals surface area contributed by atoms with Crippen LogP contribution in [-0.4, -0.2) is 37.2 Å². The second-order valence-corrected chi connectivity index (χ2v) is 25.2. The fourth-order valence-electron chi connectivity index (χ4n) is 11.4. The zero-order chi connectivity index (χ0) is 58.5. The van der Waals surface area contributed by atoms with Crippen LogP contribution in [0.4, 0.5) is 0 Å². The number of hydrogen-bond acceptors (Lipinski definition) is 6. The van der Waals surface area contributed by atoms with Crippen LogP contribution in [0.3, 0.4) is 0 Å². The highest BCUT2D eigenvalue weighted by Gasteiger charge is 2.20. The summed E-state index contributed by atoms with van der Waals surface area (Å²) < 4.78 is 17.0. The third-order valence-electron chi connectivity index (χ3n) is 17.0. The van der Waals surface area contributed by atoms with Gasteiger partial charge in [0.25, 0.3) is 0 Å². The lowest BCUT2D eigenvalue weighted by Gasteiger charge is -2.18. The van der Waals surface area contributed by atoms with Crippen molar-refractivity contribution in [1.29, 1.82) is 0 Å². The zero-order valence-electron chi connectivity index (χ0n) is 55.1. The number of allylic oxidation sites excluding steroid dienone is 4. The van der Waals surface area contributed by atoms with Crippen LogP contribution in [0.5, 0.6) is 0 Å². The molecular weight excluding hydrogens is 997 g/mol. The fraction of sp³-hybridized carbons (Fsp3) is 0.907. The van der Waals surface area contributed by atoms with E-state index in [4.69, 9.17) is 14.2 Å². The third kappa shape index (κ3) is 68.6. The highest BCUT2D eigenvalue weighted by molar-refractivity contribution is 5.71. The molecule has 1 atom stereocenters. The third-order valence-corrected chi connectivity index (χ3v) is 17.0. The lowest BCUT2D eigenvalue weighted by molar-refractivity contribution is -0.167. The van der Waals surface area contributed by atoms with Crippen molar-refractivity contribution in [2.75, 3.05) is 13.2 Å². The summed E-state index contributed by atoms with van der Waals surface area (Å²) in [5.41, 5.74) is 0. The second kappa shape index (κ2) is 70.4. The summed E-state index contributed by atoms with van der Waals surface area (Å²) in [6, 6.07) is 0. The number of ether oxygens (including phenoxy) is 3. The molecule has 0 fully saturated rings. The molecule has 0 saturated carbocycles. The van der Waals surface area contributed by atoms with Crippen LogP contribution in [0.15, 0.2) is 24.3 Å². The lowest BCUT2D eigenvalue weighted by Crippen LogP contribution is -2.30. The first-order valence-corrected chi connectivity index (χ1v) is 36.8. The highest BCUT2D eigenvalue weighted by atomic mass is 16.6. The van der Waals surface area contributed by atoms with Crippen molar-refractivity contribution < 1.29 is 28.6 Å². The molecule has 0 heterocycles. The number of carbonyl (C=O) groups is 3. The van der Waals surface area contributed by atoms with Gasteiger partial charge in [-0.05, 0) is 51.4 Å². The minimum Gasteiger partial charge on any atom is -0.462 e. The molecule has 0 aromatic heterocycles. The molecule has 1 unspecified atom stereocenters. The monoisotopic (exact) mass is 1140 g/mol. The molecule has 6 heteroatoms. The molecule has 478 valence electrons. The van der Waals surface area contributed by atoms with E-state index in [0.717, 1.165) is 64.2 Å². The minimum absolute atomic E-state index is 0.0625. The standard InChI is InChI=1S/C75H142O6/c1-4-7-10-13-16-19-22-25-28-30-31-32-33-34-35-36-37-38-39-40-41-42-43-44-45-46-48-50-53-56-59-62-65-68-74(77)80-71-72(70-79-73(76)67-64-61-58-55-52-49-27-24-21-18-15-12-9-6-3)81-75(78)69-66-63-60-57-54-51-47-29-26-23-20-17-14-11-8-5-2/h22,25,30-31,72H,4-21,23-24,26-29,32-71H2,1-3H3/b25-22-,31-30-. The number of unbranched alkanes of at least 4 members (excludes halogenated alkanes) is 54. The number of carbonyl (C=O) groups excluding carboxylic acids is 3. The number of rotatable bonds is 69. The van der Waals surface area contributed by atoms with Gasteiger partial charge in [0.2, 0.25) is 0 Å². The lowest BCUT2D eigenvalue weighted by atomic mass is 10.0. The van der Waals surface area contributed by atoms with Crippen LogP contribution in [0, 0.1) is 0 Å². The highest BCUT2D eigenvalue weighted by Crippen LogP contribution is 2.19. The molecule has 81 heavy (non-hydrogen) atoms. The molecule has 0 aliphatic carbocycles. The molecule has 0 aliphatic rings. The van der Waals surface area contributed by atoms with Gasteiger partial charge in [-0.25, -0.2) is 0 Å². The van der Waals surface area contributed by atoms with Gasteiger partial charge in [-0.1, -0.05) is 373 Å². The SMILES string of the molecule is CCCCCCC/C=C\C/C=C\CCCCCCCCCCCCCCCCCCCCCCCC(=O)OCC(COC(=O)CCCCCCCCCCCCCCCC)OC(=O)CCCCCCCCCCCCCCCCCC. The predicted molar refractivity (Wildman–Crippen MR) is 353 cm³/mol. The average molecular weight is 1140 g/mol. The summed E-state index contributed by atoms with van der Waals surface area (Å²) in [6.07, 6.45) is 86.5. The van der Waals surface area contributed by atoms with Gasteiger partial charge in [0.05, 0.1) is 0 Å². The molecule has 0 spiro atoms. The van der Waals surface area contributed by atoms with Crippen LogP contribution in [0.2, 0.25) is 0 Å². The van der Waals surface area contributed by atoms with Crippen molar-refractivity contribution in [2.45, 2.75) is 425 Å². The average Bonchev–Trinajstić information content (AvgIpc) is 3.47. The Morgan fingerprint density at radius 2 is 0.444 bits per heavy atom. The molecule has 0 aromatic carbocycles. The first kappa shape index (κ1) is 78.9. The Hall–Kier alpha value is -2.11. The summed E-state index contributed by atoms with van der Waals surface area (Å²) in [4.78, 5) is 38.4. The Labute approximate surface area is 506 Å². The molecule has 0 N–H and O–H groups in total. The first-order valence-electron chi connectivity index (χ1n) is 36.8. The van der Waals surface area contributed by atoms with E-state index in [1.807, 2.05) is 0 Å². The topological polar surface area (TPSA) is 78.9 Å². The van der Waals surface area contributed by atoms with Crippen molar-refractivity contribution >= 4 is 17.9 Å². The number of hydrogen-bond donors (Lipinski definition) is 0. The molecular formula is C75H142O6. The van der Waals surface area contributed by atoms with Gasteiger partial charge >= 0.3 is 17.9 Å². The van der Waals surface area contributed by atoms with Crippen molar-refractivity contribution in [3.8, 4) is 0 Å². The van der Waals surface area contributed by atoms with Gasteiger partial charge in [-0.2, -0.15) is 0 Å². The van der Waals surface area contributed by atoms with Crippen molar-refractivity contribution in [3.63, 3.8) is 0 Å². The summed E-state index contributed by atoms with van der Waals surface area (Å²) in [5, 5.41) is 0. The molecule has 0 aromatic rings. The Balaban J connectivity index is 4.09. The smallest absolute Gasteiger partial charge is 0.306 e. The first-order chi connectivity index (χ1) is 40.0. The Kier molecular flexibility index (Phi) is 68.5. The largest absolute Gasteiger partial charge is 0.462 e. The Bertz CT molecular complexity index is 1310. The summed E-state index contributed by atoms with van der Waals surface area (Å²) >= 11 is 0. The van der Waals surface area contributed by atoms with Gasteiger partial charge in [0.15, 0.2) is 6.10 Å².